The molecule has 1 aliphatic rings. The van der Waals surface area contributed by atoms with Gasteiger partial charge in [-0.1, -0.05) is 18.2 Å². The molecule has 0 saturated heterocycles. The molecule has 7 heteroatoms. The van der Waals surface area contributed by atoms with E-state index in [1.807, 2.05) is 54.2 Å². The maximum atomic E-state index is 12.9. The molecule has 0 fully saturated rings. The average molecular weight is 346 g/mol. The summed E-state index contributed by atoms with van der Waals surface area (Å²) in [6.07, 6.45) is 8.82. The number of carbonyl (C=O) groups excluding carboxylic acids is 1. The van der Waals surface area contributed by atoms with Crippen molar-refractivity contribution in [2.24, 2.45) is 10.7 Å². The van der Waals surface area contributed by atoms with Crippen molar-refractivity contribution >= 4 is 11.9 Å². The summed E-state index contributed by atoms with van der Waals surface area (Å²) < 4.78 is 2.00. The second-order valence-electron chi connectivity index (χ2n) is 6.10. The highest BCUT2D eigenvalue weighted by atomic mass is 16.2. The van der Waals surface area contributed by atoms with Gasteiger partial charge in [0.05, 0.1) is 0 Å². The molecule has 7 nitrogen and oxygen atoms in total. The molecule has 1 amide bonds. The van der Waals surface area contributed by atoms with Gasteiger partial charge < -0.3 is 10.3 Å². The Bertz CT molecular complexity index is 994. The molecule has 0 aliphatic carbocycles. The van der Waals surface area contributed by atoms with Crippen molar-refractivity contribution in [2.75, 3.05) is 0 Å². The molecule has 26 heavy (non-hydrogen) atoms. The van der Waals surface area contributed by atoms with E-state index in [4.69, 9.17) is 5.73 Å². The van der Waals surface area contributed by atoms with E-state index < -0.39 is 5.54 Å². The molecular formula is C19H18N6O. The van der Waals surface area contributed by atoms with Gasteiger partial charge in [0.2, 0.25) is 0 Å². The van der Waals surface area contributed by atoms with Gasteiger partial charge in [-0.15, -0.1) is 0 Å². The highest BCUT2D eigenvalue weighted by molar-refractivity contribution is 6.09. The van der Waals surface area contributed by atoms with Crippen LogP contribution in [0.25, 0.3) is 11.1 Å². The topological polar surface area (TPSA) is 98.2 Å². The summed E-state index contributed by atoms with van der Waals surface area (Å²) in [6.45, 7) is 2.84. The Morgan fingerprint density at radius 3 is 2.62 bits per heavy atom. The summed E-state index contributed by atoms with van der Waals surface area (Å²) >= 11 is 0. The molecule has 3 heterocycles. The molecule has 3 N–H and O–H groups in total. The van der Waals surface area contributed by atoms with Crippen LogP contribution in [0.4, 0.5) is 0 Å². The monoisotopic (exact) mass is 346 g/mol. The number of hydrogen-bond acceptors (Lipinski definition) is 5. The summed E-state index contributed by atoms with van der Waals surface area (Å²) in [4.78, 5) is 25.6. The SMILES string of the molecule is CCn1ccc(C2(c3cccc(-c4cncnc4)c3)N=C(N)NC2=O)c1. The maximum Gasteiger partial charge on any atom is 0.264 e. The van der Waals surface area contributed by atoms with Gasteiger partial charge >= 0.3 is 0 Å². The molecular weight excluding hydrogens is 328 g/mol. The van der Waals surface area contributed by atoms with Crippen LogP contribution in [-0.2, 0) is 16.9 Å². The average Bonchev–Trinajstić information content (AvgIpc) is 3.27. The minimum absolute atomic E-state index is 0.118. The van der Waals surface area contributed by atoms with Gasteiger partial charge in [-0.05, 0) is 30.2 Å². The molecule has 0 spiro atoms. The second kappa shape index (κ2) is 6.11. The highest BCUT2D eigenvalue weighted by Crippen LogP contribution is 2.38. The quantitative estimate of drug-likeness (QED) is 0.750. The predicted molar refractivity (Wildman–Crippen MR) is 98.1 cm³/mol. The third-order valence-corrected chi connectivity index (χ3v) is 4.57. The Hall–Kier alpha value is -3.48. The van der Waals surface area contributed by atoms with Crippen LogP contribution in [0, 0.1) is 0 Å². The van der Waals surface area contributed by atoms with Crippen molar-refractivity contribution in [3.05, 3.63) is 72.6 Å². The standard InChI is InChI=1S/C19H18N6O/c1-2-25-7-6-16(11-25)19(17(26)23-18(20)24-19)15-5-3-4-13(8-15)14-9-21-12-22-10-14/h3-12H,2H2,1H3,(H3,20,23,24,26). The molecule has 1 atom stereocenters. The minimum atomic E-state index is -1.20. The molecule has 1 aliphatic heterocycles. The Balaban J connectivity index is 1.90. The van der Waals surface area contributed by atoms with Gasteiger partial charge in [0, 0.05) is 42.5 Å². The first-order chi connectivity index (χ1) is 12.6. The molecule has 0 bridgehead atoms. The van der Waals surface area contributed by atoms with E-state index in [2.05, 4.69) is 20.3 Å². The lowest BCUT2D eigenvalue weighted by atomic mass is 9.83. The molecule has 0 saturated carbocycles. The molecule has 0 radical (unpaired) electrons. The Morgan fingerprint density at radius 2 is 1.96 bits per heavy atom. The van der Waals surface area contributed by atoms with E-state index in [1.165, 1.54) is 6.33 Å². The first-order valence-corrected chi connectivity index (χ1v) is 8.32. The van der Waals surface area contributed by atoms with Crippen molar-refractivity contribution in [1.82, 2.24) is 19.9 Å². The number of aryl methyl sites for hydroxylation is 1. The van der Waals surface area contributed by atoms with E-state index in [9.17, 15) is 4.79 Å². The zero-order chi connectivity index (χ0) is 18.1. The Labute approximate surface area is 150 Å². The van der Waals surface area contributed by atoms with Crippen molar-refractivity contribution < 1.29 is 4.79 Å². The number of nitrogens with two attached hydrogens (primary N) is 1. The van der Waals surface area contributed by atoms with Crippen LogP contribution in [-0.4, -0.2) is 26.4 Å². The molecule has 2 aromatic heterocycles. The smallest absolute Gasteiger partial charge is 0.264 e. The van der Waals surface area contributed by atoms with Gasteiger partial charge in [-0.2, -0.15) is 0 Å². The van der Waals surface area contributed by atoms with Crippen molar-refractivity contribution in [2.45, 2.75) is 19.0 Å². The zero-order valence-electron chi connectivity index (χ0n) is 14.3. The number of aliphatic imine (C=N–C) groups is 1. The number of carbonyl (C=O) groups is 1. The zero-order valence-corrected chi connectivity index (χ0v) is 14.3. The van der Waals surface area contributed by atoms with E-state index in [0.717, 1.165) is 28.8 Å². The second-order valence-corrected chi connectivity index (χ2v) is 6.10. The van der Waals surface area contributed by atoms with Gasteiger partial charge in [0.1, 0.15) is 6.33 Å². The van der Waals surface area contributed by atoms with Crippen LogP contribution in [0.5, 0.6) is 0 Å². The third-order valence-electron chi connectivity index (χ3n) is 4.57. The third kappa shape index (κ3) is 2.45. The Morgan fingerprint density at radius 1 is 1.15 bits per heavy atom. The lowest BCUT2D eigenvalue weighted by Crippen LogP contribution is -2.39. The number of nitrogens with one attached hydrogen (secondary N) is 1. The number of rotatable bonds is 4. The largest absolute Gasteiger partial charge is 0.370 e. The summed E-state index contributed by atoms with van der Waals surface area (Å²) in [5.74, 6) is -0.141. The van der Waals surface area contributed by atoms with E-state index in [1.54, 1.807) is 12.4 Å². The fourth-order valence-electron chi connectivity index (χ4n) is 3.25. The first-order valence-electron chi connectivity index (χ1n) is 8.32. The van der Waals surface area contributed by atoms with Gasteiger partial charge in [-0.25, -0.2) is 15.0 Å². The summed E-state index contributed by atoms with van der Waals surface area (Å²) in [5.41, 5.74) is 7.95. The molecule has 4 rings (SSSR count). The van der Waals surface area contributed by atoms with Crippen molar-refractivity contribution in [1.29, 1.82) is 0 Å². The van der Waals surface area contributed by atoms with E-state index in [-0.39, 0.29) is 11.9 Å². The highest BCUT2D eigenvalue weighted by Gasteiger charge is 2.47. The fraction of sp³-hybridized carbons (Fsp3) is 0.158. The number of benzene rings is 1. The lowest BCUT2D eigenvalue weighted by Gasteiger charge is -2.23. The molecule has 1 unspecified atom stereocenters. The lowest BCUT2D eigenvalue weighted by molar-refractivity contribution is -0.122. The van der Waals surface area contributed by atoms with Crippen molar-refractivity contribution in [3.63, 3.8) is 0 Å². The van der Waals surface area contributed by atoms with Crippen molar-refractivity contribution in [3.8, 4) is 11.1 Å². The van der Waals surface area contributed by atoms with Crippen LogP contribution in [0.15, 0.2) is 66.4 Å². The van der Waals surface area contributed by atoms with Gasteiger partial charge in [0.25, 0.3) is 5.91 Å². The summed E-state index contributed by atoms with van der Waals surface area (Å²) in [7, 11) is 0. The van der Waals surface area contributed by atoms with Crippen LogP contribution in [0.2, 0.25) is 0 Å². The van der Waals surface area contributed by atoms with Crippen LogP contribution < -0.4 is 11.1 Å². The molecule has 3 aromatic rings. The van der Waals surface area contributed by atoms with Crippen LogP contribution >= 0.6 is 0 Å². The number of nitrogens with zero attached hydrogens (tertiary/aromatic N) is 4. The Kier molecular flexibility index (Phi) is 3.76. The van der Waals surface area contributed by atoms with E-state index >= 15 is 0 Å². The number of guanidine groups is 1. The summed E-state index contributed by atoms with van der Waals surface area (Å²) in [5, 5.41) is 2.65. The first kappa shape index (κ1) is 16.0. The van der Waals surface area contributed by atoms with Gasteiger partial charge in [-0.3, -0.25) is 10.1 Å². The number of hydrogen-bond donors (Lipinski definition) is 2. The molecule has 130 valence electrons. The number of amides is 1. The number of aromatic nitrogens is 3. The van der Waals surface area contributed by atoms with E-state index in [0.29, 0.717) is 0 Å². The summed E-state index contributed by atoms with van der Waals surface area (Å²) in [6, 6.07) is 9.58. The molecule has 1 aromatic carbocycles. The maximum absolute atomic E-state index is 12.9. The van der Waals surface area contributed by atoms with Crippen LogP contribution in [0.3, 0.4) is 0 Å². The fourth-order valence-corrected chi connectivity index (χ4v) is 3.25. The normalized spacial score (nSPS) is 19.3. The van der Waals surface area contributed by atoms with Crippen LogP contribution in [0.1, 0.15) is 18.1 Å². The predicted octanol–water partition coefficient (Wildman–Crippen LogP) is 1.65. The van der Waals surface area contributed by atoms with Gasteiger partial charge in [0.15, 0.2) is 11.5 Å². The minimum Gasteiger partial charge on any atom is -0.370 e.